The molecule has 2 rings (SSSR count). The summed E-state index contributed by atoms with van der Waals surface area (Å²) >= 11 is 0. The summed E-state index contributed by atoms with van der Waals surface area (Å²) in [6, 6.07) is 0.755. The summed E-state index contributed by atoms with van der Waals surface area (Å²) in [4.78, 5) is 0. The average molecular weight is 155 g/mol. The van der Waals surface area contributed by atoms with Gasteiger partial charge >= 0.3 is 0 Å². The van der Waals surface area contributed by atoms with Gasteiger partial charge in [-0.1, -0.05) is 12.8 Å². The van der Waals surface area contributed by atoms with Crippen molar-refractivity contribution in [2.45, 2.75) is 44.2 Å². The van der Waals surface area contributed by atoms with Crippen LogP contribution in [0.4, 0.5) is 0 Å². The maximum atomic E-state index is 5.21. The predicted octanol–water partition coefficient (Wildman–Crippen LogP) is 1.31. The molecule has 2 fully saturated rings. The molecular formula is C9H17NO. The van der Waals surface area contributed by atoms with Gasteiger partial charge in [0, 0.05) is 6.04 Å². The average Bonchev–Trinajstić information content (AvgIpc) is 2.77. The van der Waals surface area contributed by atoms with E-state index in [0.29, 0.717) is 6.10 Å². The molecule has 0 aromatic carbocycles. The van der Waals surface area contributed by atoms with E-state index in [4.69, 9.17) is 4.74 Å². The van der Waals surface area contributed by atoms with Crippen LogP contribution in [0.15, 0.2) is 0 Å². The highest BCUT2D eigenvalue weighted by atomic mass is 16.6. The fourth-order valence-electron chi connectivity index (χ4n) is 1.82. The second-order valence-corrected chi connectivity index (χ2v) is 3.69. The fraction of sp³-hybridized carbons (Fsp3) is 1.00. The van der Waals surface area contributed by atoms with Gasteiger partial charge in [-0.05, 0) is 25.8 Å². The van der Waals surface area contributed by atoms with E-state index in [1.54, 1.807) is 0 Å². The Kier molecular flexibility index (Phi) is 2.44. The van der Waals surface area contributed by atoms with E-state index >= 15 is 0 Å². The molecule has 2 atom stereocenters. The van der Waals surface area contributed by atoms with Gasteiger partial charge in [-0.2, -0.15) is 0 Å². The van der Waals surface area contributed by atoms with Crippen LogP contribution in [0.3, 0.4) is 0 Å². The molecule has 2 aliphatic rings. The smallest absolute Gasteiger partial charge is 0.0824 e. The Morgan fingerprint density at radius 2 is 2.18 bits per heavy atom. The second-order valence-electron chi connectivity index (χ2n) is 3.69. The van der Waals surface area contributed by atoms with Crippen molar-refractivity contribution in [3.05, 3.63) is 0 Å². The molecule has 2 heteroatoms. The van der Waals surface area contributed by atoms with Gasteiger partial charge in [-0.3, -0.25) is 0 Å². The molecular weight excluding hydrogens is 138 g/mol. The van der Waals surface area contributed by atoms with Crippen LogP contribution >= 0.6 is 0 Å². The molecule has 0 radical (unpaired) electrons. The molecule has 2 saturated heterocycles. The van der Waals surface area contributed by atoms with Crippen molar-refractivity contribution in [2.75, 3.05) is 13.2 Å². The lowest BCUT2D eigenvalue weighted by Gasteiger charge is -2.13. The van der Waals surface area contributed by atoms with Gasteiger partial charge in [0.1, 0.15) is 0 Å². The molecule has 0 saturated carbocycles. The molecule has 0 aromatic heterocycles. The van der Waals surface area contributed by atoms with Gasteiger partial charge in [-0.25, -0.2) is 0 Å². The minimum Gasteiger partial charge on any atom is -0.373 e. The summed E-state index contributed by atoms with van der Waals surface area (Å²) in [6.45, 7) is 2.23. The highest BCUT2D eigenvalue weighted by molar-refractivity contribution is 4.79. The first-order chi connectivity index (χ1) is 5.45. The zero-order valence-corrected chi connectivity index (χ0v) is 7.01. The van der Waals surface area contributed by atoms with E-state index in [0.717, 1.165) is 12.6 Å². The van der Waals surface area contributed by atoms with Crippen LogP contribution in [-0.2, 0) is 4.74 Å². The third kappa shape index (κ3) is 2.46. The summed E-state index contributed by atoms with van der Waals surface area (Å²) in [6.07, 6.45) is 7.40. The van der Waals surface area contributed by atoms with Crippen molar-refractivity contribution in [1.82, 2.24) is 5.32 Å². The largest absolute Gasteiger partial charge is 0.373 e. The molecule has 64 valence electrons. The summed E-state index contributed by atoms with van der Waals surface area (Å²) in [5.41, 5.74) is 0. The van der Waals surface area contributed by atoms with Crippen molar-refractivity contribution >= 4 is 0 Å². The quantitative estimate of drug-likeness (QED) is 0.608. The Hall–Kier alpha value is -0.0800. The fourth-order valence-corrected chi connectivity index (χ4v) is 1.82. The van der Waals surface area contributed by atoms with Crippen molar-refractivity contribution in [3.8, 4) is 0 Å². The molecule has 1 N–H and O–H groups in total. The van der Waals surface area contributed by atoms with Crippen LogP contribution in [0.25, 0.3) is 0 Å². The highest BCUT2D eigenvalue weighted by Crippen LogP contribution is 2.20. The molecule has 2 heterocycles. The Morgan fingerprint density at radius 1 is 1.27 bits per heavy atom. The minimum absolute atomic E-state index is 0.602. The zero-order chi connectivity index (χ0) is 7.52. The Labute approximate surface area is 68.3 Å². The summed E-state index contributed by atoms with van der Waals surface area (Å²) in [7, 11) is 0. The first-order valence-electron chi connectivity index (χ1n) is 4.80. The Morgan fingerprint density at radius 3 is 3.00 bits per heavy atom. The first-order valence-corrected chi connectivity index (χ1v) is 4.80. The van der Waals surface area contributed by atoms with Gasteiger partial charge in [0.05, 0.1) is 12.7 Å². The standard InChI is InChI=1S/C9H17NO/c1-2-4-8(10-5-3-1)6-9-7-11-9/h8-10H,1-7H2. The van der Waals surface area contributed by atoms with E-state index in [9.17, 15) is 0 Å². The lowest BCUT2D eigenvalue weighted by molar-refractivity contribution is 0.356. The van der Waals surface area contributed by atoms with E-state index in [1.165, 1.54) is 38.6 Å². The number of nitrogens with one attached hydrogen (secondary N) is 1. The van der Waals surface area contributed by atoms with Crippen molar-refractivity contribution in [3.63, 3.8) is 0 Å². The number of ether oxygens (including phenoxy) is 1. The highest BCUT2D eigenvalue weighted by Gasteiger charge is 2.26. The zero-order valence-electron chi connectivity index (χ0n) is 7.01. The van der Waals surface area contributed by atoms with E-state index in [1.807, 2.05) is 0 Å². The van der Waals surface area contributed by atoms with Crippen molar-refractivity contribution < 1.29 is 4.74 Å². The molecule has 11 heavy (non-hydrogen) atoms. The van der Waals surface area contributed by atoms with Gasteiger partial charge in [0.25, 0.3) is 0 Å². The monoisotopic (exact) mass is 155 g/mol. The third-order valence-electron chi connectivity index (χ3n) is 2.61. The van der Waals surface area contributed by atoms with Gasteiger partial charge in [-0.15, -0.1) is 0 Å². The van der Waals surface area contributed by atoms with Crippen LogP contribution in [-0.4, -0.2) is 25.3 Å². The predicted molar refractivity (Wildman–Crippen MR) is 44.6 cm³/mol. The Bertz CT molecular complexity index is 115. The Balaban J connectivity index is 1.71. The van der Waals surface area contributed by atoms with E-state index in [-0.39, 0.29) is 0 Å². The number of hydrogen-bond donors (Lipinski definition) is 1. The van der Waals surface area contributed by atoms with Crippen molar-refractivity contribution in [1.29, 1.82) is 0 Å². The molecule has 2 aliphatic heterocycles. The summed E-state index contributed by atoms with van der Waals surface area (Å²) in [5.74, 6) is 0. The maximum Gasteiger partial charge on any atom is 0.0824 e. The van der Waals surface area contributed by atoms with Crippen molar-refractivity contribution in [2.24, 2.45) is 0 Å². The lowest BCUT2D eigenvalue weighted by Crippen LogP contribution is -2.29. The van der Waals surface area contributed by atoms with E-state index < -0.39 is 0 Å². The SMILES string of the molecule is C1CCNC(CC2CO2)CC1. The molecule has 0 amide bonds. The summed E-state index contributed by atoms with van der Waals surface area (Å²) < 4.78 is 5.21. The topological polar surface area (TPSA) is 24.6 Å². The first kappa shape index (κ1) is 7.56. The molecule has 0 spiro atoms. The molecule has 0 bridgehead atoms. The van der Waals surface area contributed by atoms with Crippen LogP contribution in [0.5, 0.6) is 0 Å². The van der Waals surface area contributed by atoms with Crippen LogP contribution in [0.1, 0.15) is 32.1 Å². The number of epoxide rings is 1. The minimum atomic E-state index is 0.602. The second kappa shape index (κ2) is 3.55. The normalized spacial score (nSPS) is 38.2. The molecule has 2 nitrogen and oxygen atoms in total. The number of hydrogen-bond acceptors (Lipinski definition) is 2. The number of rotatable bonds is 2. The summed E-state index contributed by atoms with van der Waals surface area (Å²) in [5, 5.41) is 3.57. The van der Waals surface area contributed by atoms with Gasteiger partial charge < -0.3 is 10.1 Å². The molecule has 0 aromatic rings. The van der Waals surface area contributed by atoms with Crippen LogP contribution < -0.4 is 5.32 Å². The lowest BCUT2D eigenvalue weighted by atomic mass is 10.1. The van der Waals surface area contributed by atoms with Gasteiger partial charge in [0.2, 0.25) is 0 Å². The third-order valence-corrected chi connectivity index (χ3v) is 2.61. The molecule has 2 unspecified atom stereocenters. The van der Waals surface area contributed by atoms with Crippen LogP contribution in [0, 0.1) is 0 Å². The van der Waals surface area contributed by atoms with Gasteiger partial charge in [0.15, 0.2) is 0 Å². The van der Waals surface area contributed by atoms with Crippen LogP contribution in [0.2, 0.25) is 0 Å². The maximum absolute atomic E-state index is 5.21. The molecule has 0 aliphatic carbocycles. The van der Waals surface area contributed by atoms with E-state index in [2.05, 4.69) is 5.32 Å².